The van der Waals surface area contributed by atoms with Gasteiger partial charge in [0.2, 0.25) is 0 Å². The molecule has 0 aliphatic heterocycles. The van der Waals surface area contributed by atoms with Crippen LogP contribution in [-0.2, 0) is 0 Å². The van der Waals surface area contributed by atoms with Crippen LogP contribution in [0.4, 0.5) is 0 Å². The highest BCUT2D eigenvalue weighted by Gasteiger charge is 2.35. The zero-order valence-electron chi connectivity index (χ0n) is 33.9. The molecule has 7 aromatic rings. The minimum atomic E-state index is -0.410. The molecule has 0 bridgehead atoms. The van der Waals surface area contributed by atoms with Gasteiger partial charge in [0, 0.05) is 11.8 Å². The van der Waals surface area contributed by atoms with E-state index in [1.807, 2.05) is 66.8 Å². The predicted octanol–water partition coefficient (Wildman–Crippen LogP) is 12.7. The summed E-state index contributed by atoms with van der Waals surface area (Å²) in [5.41, 5.74) is 8.17. The van der Waals surface area contributed by atoms with Crippen LogP contribution in [0.15, 0.2) is 187 Å². The van der Waals surface area contributed by atoms with E-state index in [0.29, 0.717) is 22.3 Å². The molecule has 0 saturated heterocycles. The van der Waals surface area contributed by atoms with Gasteiger partial charge < -0.3 is 0 Å². The van der Waals surface area contributed by atoms with Crippen molar-refractivity contribution in [1.29, 1.82) is 0 Å². The van der Waals surface area contributed by atoms with E-state index in [2.05, 4.69) is 66.8 Å². The van der Waals surface area contributed by atoms with Crippen molar-refractivity contribution in [2.75, 3.05) is 0 Å². The quantitative estimate of drug-likeness (QED) is 0.173. The number of allylic oxidation sites excluding steroid dienone is 9. The molecule has 48 heavy (non-hydrogen) atoms. The molecule has 0 spiro atoms. The second kappa shape index (κ2) is 10.8. The van der Waals surface area contributed by atoms with E-state index in [9.17, 15) is 5.48 Å². The average Bonchev–Trinajstić information content (AvgIpc) is 3.24. The van der Waals surface area contributed by atoms with Crippen molar-refractivity contribution < 1.29 is 11.0 Å². The van der Waals surface area contributed by atoms with Gasteiger partial charge in [0.1, 0.15) is 0 Å². The van der Waals surface area contributed by atoms with Crippen LogP contribution >= 0.6 is 0 Å². The molecule has 0 nitrogen and oxygen atoms in total. The van der Waals surface area contributed by atoms with Gasteiger partial charge in [-0.25, -0.2) is 0 Å². The summed E-state index contributed by atoms with van der Waals surface area (Å²) in [6.45, 7) is 0. The monoisotopic (exact) mass is 616 g/mol. The number of hydrogen-bond donors (Lipinski definition) is 0. The van der Waals surface area contributed by atoms with Crippen molar-refractivity contribution in [2.45, 2.75) is 5.92 Å². The molecule has 0 saturated carbocycles. The van der Waals surface area contributed by atoms with Gasteiger partial charge in [-0.05, 0) is 94.0 Å². The molecule has 224 valence electrons. The third-order valence-corrected chi connectivity index (χ3v) is 10.1. The summed E-state index contributed by atoms with van der Waals surface area (Å²) in [5.74, 6) is -0.128. The zero-order chi connectivity index (χ0) is 38.6. The molecule has 0 N–H and O–H groups in total. The summed E-state index contributed by atoms with van der Waals surface area (Å²) in [4.78, 5) is 0. The summed E-state index contributed by atoms with van der Waals surface area (Å²) in [6.07, 6.45) is 14.4. The van der Waals surface area contributed by atoms with Crippen LogP contribution in [0.2, 0.25) is 0 Å². The second-order valence-corrected chi connectivity index (χ2v) is 12.6. The lowest BCUT2D eigenvalue weighted by Gasteiger charge is -2.37. The molecular formula is C48H32. The van der Waals surface area contributed by atoms with E-state index in [1.54, 1.807) is 0 Å². The molecule has 0 radical (unpaired) electrons. The first kappa shape index (κ1) is 20.3. The Labute approximate surface area is 292 Å². The summed E-state index contributed by atoms with van der Waals surface area (Å²) < 4.78 is 73.4. The number of hydrogen-bond acceptors (Lipinski definition) is 0. The maximum atomic E-state index is 9.49. The Morgan fingerprint density at radius 1 is 0.521 bits per heavy atom. The van der Waals surface area contributed by atoms with Gasteiger partial charge in [-0.15, -0.1) is 0 Å². The molecule has 10 rings (SSSR count). The number of rotatable bonds is 3. The van der Waals surface area contributed by atoms with Crippen LogP contribution in [0, 0.1) is 5.92 Å². The molecule has 0 amide bonds. The SMILES string of the molecule is [2H]c1c([2H])c([2H])c2c(-c3ccc(-c4ccc5ccccc5c4)cc3)c3c([2H])c([2H])c([2H])c([2H])c3c(C3=C4C=CC=CC4C4C(=C3)C=Cc3ccccc34)c2c1[2H]. The van der Waals surface area contributed by atoms with Crippen molar-refractivity contribution in [3.05, 3.63) is 204 Å². The van der Waals surface area contributed by atoms with E-state index in [-0.39, 0.29) is 57.6 Å². The summed E-state index contributed by atoms with van der Waals surface area (Å²) in [5, 5.41) is 3.11. The van der Waals surface area contributed by atoms with Crippen molar-refractivity contribution >= 4 is 44.0 Å². The predicted molar refractivity (Wildman–Crippen MR) is 205 cm³/mol. The summed E-state index contributed by atoms with van der Waals surface area (Å²) in [6, 6.07) is 27.7. The number of fused-ring (bicyclic) bond motifs is 8. The first-order chi connectivity index (χ1) is 27.1. The van der Waals surface area contributed by atoms with E-state index >= 15 is 0 Å². The van der Waals surface area contributed by atoms with Crippen LogP contribution in [0.25, 0.3) is 66.2 Å². The van der Waals surface area contributed by atoms with Gasteiger partial charge in [0.15, 0.2) is 0 Å². The Balaban J connectivity index is 1.32. The molecular weight excluding hydrogens is 577 g/mol. The Morgan fingerprint density at radius 2 is 1.17 bits per heavy atom. The number of benzene rings is 7. The molecule has 2 atom stereocenters. The smallest absolute Gasteiger partial charge is 0.0629 e. The Bertz CT molecular complexity index is 2970. The summed E-state index contributed by atoms with van der Waals surface area (Å²) in [7, 11) is 0. The zero-order valence-corrected chi connectivity index (χ0v) is 25.9. The molecule has 3 aliphatic carbocycles. The highest BCUT2D eigenvalue weighted by atomic mass is 14.4. The van der Waals surface area contributed by atoms with Gasteiger partial charge in [0.25, 0.3) is 0 Å². The van der Waals surface area contributed by atoms with E-state index in [4.69, 9.17) is 5.48 Å². The maximum Gasteiger partial charge on any atom is 0.0629 e. The maximum absolute atomic E-state index is 9.49. The topological polar surface area (TPSA) is 0 Å². The van der Waals surface area contributed by atoms with Crippen LogP contribution in [0.1, 0.15) is 33.6 Å². The van der Waals surface area contributed by atoms with Gasteiger partial charge in [-0.1, -0.05) is 176 Å². The van der Waals surface area contributed by atoms with Crippen molar-refractivity contribution in [1.82, 2.24) is 0 Å². The lowest BCUT2D eigenvalue weighted by Crippen LogP contribution is -2.22. The first-order valence-corrected chi connectivity index (χ1v) is 16.3. The van der Waals surface area contributed by atoms with Crippen molar-refractivity contribution in [3.63, 3.8) is 0 Å². The summed E-state index contributed by atoms with van der Waals surface area (Å²) >= 11 is 0. The van der Waals surface area contributed by atoms with Crippen molar-refractivity contribution in [2.24, 2.45) is 5.92 Å². The lowest BCUT2D eigenvalue weighted by atomic mass is 9.66. The average molecular weight is 617 g/mol. The van der Waals surface area contributed by atoms with Crippen LogP contribution < -0.4 is 0 Å². The van der Waals surface area contributed by atoms with Gasteiger partial charge in [-0.2, -0.15) is 0 Å². The fourth-order valence-electron chi connectivity index (χ4n) is 7.92. The Morgan fingerprint density at radius 3 is 1.94 bits per heavy atom. The van der Waals surface area contributed by atoms with Crippen LogP contribution in [0.3, 0.4) is 0 Å². The molecule has 0 heteroatoms. The first-order valence-electron chi connectivity index (χ1n) is 20.3. The molecule has 0 heterocycles. The molecule has 7 aromatic carbocycles. The highest BCUT2D eigenvalue weighted by Crippen LogP contribution is 2.52. The largest absolute Gasteiger partial charge is 0.0760 e. The Kier molecular flexibility index (Phi) is 4.56. The highest BCUT2D eigenvalue weighted by molar-refractivity contribution is 6.20. The standard InChI is InChI=1S/C48H32/c1-2-13-35-29-36(27-23-31(35)11-1)32-21-25-34(26-22-32)46-41-17-7-9-19-43(41)48(44-20-10-8-18-42(44)46)45-30-37-28-24-33-12-3-4-14-38(33)47(37)40-16-6-5-15-39(40)45/h1-30,40,47H/i7D,8D,9D,10D,17D,18D,19D,20D. The fourth-order valence-corrected chi connectivity index (χ4v) is 7.92. The minimum Gasteiger partial charge on any atom is -0.0760 e. The van der Waals surface area contributed by atoms with E-state index in [0.717, 1.165) is 38.6 Å². The third-order valence-electron chi connectivity index (χ3n) is 10.1. The molecule has 2 unspecified atom stereocenters. The van der Waals surface area contributed by atoms with Gasteiger partial charge >= 0.3 is 0 Å². The molecule has 0 fully saturated rings. The van der Waals surface area contributed by atoms with Crippen LogP contribution in [0.5, 0.6) is 0 Å². The fraction of sp³-hybridized carbons (Fsp3) is 0.0417. The van der Waals surface area contributed by atoms with E-state index in [1.165, 1.54) is 5.56 Å². The Hall–Kier alpha value is -5.98. The van der Waals surface area contributed by atoms with Crippen molar-refractivity contribution in [3.8, 4) is 22.3 Å². The van der Waals surface area contributed by atoms with Gasteiger partial charge in [-0.3, -0.25) is 0 Å². The molecule has 0 aromatic heterocycles. The second-order valence-electron chi connectivity index (χ2n) is 12.6. The lowest BCUT2D eigenvalue weighted by molar-refractivity contribution is 0.648. The third kappa shape index (κ3) is 4.16. The normalized spacial score (nSPS) is 20.1. The van der Waals surface area contributed by atoms with E-state index < -0.39 is 24.2 Å². The van der Waals surface area contributed by atoms with Crippen LogP contribution in [-0.4, -0.2) is 0 Å². The minimum absolute atomic E-state index is 0.00310. The van der Waals surface area contributed by atoms with Gasteiger partial charge in [0.05, 0.1) is 11.0 Å². The molecule has 3 aliphatic rings.